The standard InChI is InChI=1S/C15H14N4O/c1-3-12(11-4-2-8-16-13(11)5-1)15-19-18-14(20-15)9-17-10-6-7-10/h1-5,8,10,17H,6-7,9H2. The largest absolute Gasteiger partial charge is 0.419 e. The molecule has 0 aliphatic heterocycles. The van der Waals surface area contributed by atoms with Crippen LogP contribution >= 0.6 is 0 Å². The zero-order valence-corrected chi connectivity index (χ0v) is 10.9. The predicted octanol–water partition coefficient (Wildman–Crippen LogP) is 2.54. The zero-order chi connectivity index (χ0) is 13.4. The van der Waals surface area contributed by atoms with Crippen LogP contribution in [0.3, 0.4) is 0 Å². The van der Waals surface area contributed by atoms with Crippen LogP contribution in [-0.2, 0) is 6.54 Å². The molecule has 0 bridgehead atoms. The Morgan fingerprint density at radius 2 is 2.10 bits per heavy atom. The molecule has 0 spiro atoms. The molecule has 0 saturated heterocycles. The van der Waals surface area contributed by atoms with Crippen LogP contribution in [0, 0.1) is 0 Å². The number of hydrogen-bond acceptors (Lipinski definition) is 5. The Labute approximate surface area is 116 Å². The lowest BCUT2D eigenvalue weighted by molar-refractivity contribution is 0.476. The molecule has 100 valence electrons. The fourth-order valence-corrected chi connectivity index (χ4v) is 2.24. The molecular formula is C15H14N4O. The summed E-state index contributed by atoms with van der Waals surface area (Å²) in [6.07, 6.45) is 4.27. The van der Waals surface area contributed by atoms with Crippen molar-refractivity contribution in [3.8, 4) is 11.5 Å². The average molecular weight is 266 g/mol. The number of nitrogens with zero attached hydrogens (tertiary/aromatic N) is 3. The molecule has 0 unspecified atom stereocenters. The second-order valence-corrected chi connectivity index (χ2v) is 5.03. The van der Waals surface area contributed by atoms with Crippen molar-refractivity contribution < 1.29 is 4.42 Å². The first kappa shape index (κ1) is 11.5. The van der Waals surface area contributed by atoms with Gasteiger partial charge in [-0.3, -0.25) is 4.98 Å². The van der Waals surface area contributed by atoms with E-state index >= 15 is 0 Å². The summed E-state index contributed by atoms with van der Waals surface area (Å²) in [6.45, 7) is 0.640. The molecule has 5 heteroatoms. The third-order valence-corrected chi connectivity index (χ3v) is 3.46. The molecule has 0 atom stereocenters. The summed E-state index contributed by atoms with van der Waals surface area (Å²) in [4.78, 5) is 4.34. The van der Waals surface area contributed by atoms with Crippen LogP contribution in [0.4, 0.5) is 0 Å². The van der Waals surface area contributed by atoms with Gasteiger partial charge < -0.3 is 9.73 Å². The van der Waals surface area contributed by atoms with Gasteiger partial charge in [0.2, 0.25) is 11.8 Å². The van der Waals surface area contributed by atoms with E-state index < -0.39 is 0 Å². The summed E-state index contributed by atoms with van der Waals surface area (Å²) in [5.41, 5.74) is 1.86. The first-order valence-electron chi connectivity index (χ1n) is 6.80. The molecule has 1 aromatic carbocycles. The van der Waals surface area contributed by atoms with Crippen LogP contribution in [-0.4, -0.2) is 21.2 Å². The Kier molecular flexibility index (Phi) is 2.70. The van der Waals surface area contributed by atoms with Gasteiger partial charge in [-0.05, 0) is 31.0 Å². The SMILES string of the molecule is c1cc(-c2nnc(CNC3CC3)o2)c2cccnc2c1. The van der Waals surface area contributed by atoms with Crippen LogP contribution in [0.2, 0.25) is 0 Å². The molecule has 1 aliphatic rings. The Morgan fingerprint density at radius 3 is 3.00 bits per heavy atom. The van der Waals surface area contributed by atoms with E-state index in [4.69, 9.17) is 4.42 Å². The van der Waals surface area contributed by atoms with Gasteiger partial charge in [-0.25, -0.2) is 0 Å². The monoisotopic (exact) mass is 266 g/mol. The van der Waals surface area contributed by atoms with E-state index in [1.807, 2.05) is 30.3 Å². The van der Waals surface area contributed by atoms with Crippen LogP contribution in [0.1, 0.15) is 18.7 Å². The fourth-order valence-electron chi connectivity index (χ4n) is 2.24. The first-order valence-corrected chi connectivity index (χ1v) is 6.80. The minimum Gasteiger partial charge on any atom is -0.419 e. The lowest BCUT2D eigenvalue weighted by Gasteiger charge is -2.01. The van der Waals surface area contributed by atoms with Gasteiger partial charge in [0.05, 0.1) is 12.1 Å². The summed E-state index contributed by atoms with van der Waals surface area (Å²) >= 11 is 0. The summed E-state index contributed by atoms with van der Waals surface area (Å²) < 4.78 is 5.74. The molecule has 0 amide bonds. The molecule has 1 N–H and O–H groups in total. The van der Waals surface area contributed by atoms with Crippen molar-refractivity contribution in [1.82, 2.24) is 20.5 Å². The van der Waals surface area contributed by atoms with Crippen molar-refractivity contribution in [2.45, 2.75) is 25.4 Å². The van der Waals surface area contributed by atoms with Gasteiger partial charge in [-0.15, -0.1) is 10.2 Å². The molecule has 1 saturated carbocycles. The van der Waals surface area contributed by atoms with E-state index in [0.29, 0.717) is 24.4 Å². The fraction of sp³-hybridized carbons (Fsp3) is 0.267. The van der Waals surface area contributed by atoms with Crippen molar-refractivity contribution >= 4 is 10.9 Å². The van der Waals surface area contributed by atoms with Crippen molar-refractivity contribution in [2.75, 3.05) is 0 Å². The number of nitrogens with one attached hydrogen (secondary N) is 1. The van der Waals surface area contributed by atoms with E-state index in [0.717, 1.165) is 16.5 Å². The smallest absolute Gasteiger partial charge is 0.248 e. The van der Waals surface area contributed by atoms with E-state index in [-0.39, 0.29) is 0 Å². The summed E-state index contributed by atoms with van der Waals surface area (Å²) in [5.74, 6) is 1.18. The second kappa shape index (κ2) is 4.68. The minimum atomic E-state index is 0.552. The molecule has 4 rings (SSSR count). The van der Waals surface area contributed by atoms with Gasteiger partial charge in [0.15, 0.2) is 0 Å². The maximum Gasteiger partial charge on any atom is 0.248 e. The third kappa shape index (κ3) is 2.16. The highest BCUT2D eigenvalue weighted by atomic mass is 16.4. The van der Waals surface area contributed by atoms with Gasteiger partial charge in [0.25, 0.3) is 0 Å². The Hall–Kier alpha value is -2.27. The normalized spacial score (nSPS) is 14.8. The van der Waals surface area contributed by atoms with Crippen molar-refractivity contribution in [3.63, 3.8) is 0 Å². The minimum absolute atomic E-state index is 0.552. The summed E-state index contributed by atoms with van der Waals surface area (Å²) in [7, 11) is 0. The second-order valence-electron chi connectivity index (χ2n) is 5.03. The molecule has 1 aliphatic carbocycles. The quantitative estimate of drug-likeness (QED) is 0.786. The highest BCUT2D eigenvalue weighted by molar-refractivity contribution is 5.92. The molecule has 2 aromatic heterocycles. The zero-order valence-electron chi connectivity index (χ0n) is 10.9. The number of fused-ring (bicyclic) bond motifs is 1. The van der Waals surface area contributed by atoms with Crippen LogP contribution in [0.25, 0.3) is 22.4 Å². The Balaban J connectivity index is 1.67. The number of aromatic nitrogens is 3. The lowest BCUT2D eigenvalue weighted by Crippen LogP contribution is -2.15. The van der Waals surface area contributed by atoms with Crippen molar-refractivity contribution in [3.05, 3.63) is 42.4 Å². The van der Waals surface area contributed by atoms with E-state index in [2.05, 4.69) is 20.5 Å². The molecule has 3 aromatic rings. The van der Waals surface area contributed by atoms with Crippen LogP contribution in [0.15, 0.2) is 40.9 Å². The Bertz CT molecular complexity index is 743. The Morgan fingerprint density at radius 1 is 1.15 bits per heavy atom. The number of pyridine rings is 1. The van der Waals surface area contributed by atoms with Gasteiger partial charge >= 0.3 is 0 Å². The number of rotatable bonds is 4. The molecular weight excluding hydrogens is 252 g/mol. The molecule has 1 fully saturated rings. The first-order chi connectivity index (χ1) is 9.90. The highest BCUT2D eigenvalue weighted by Gasteiger charge is 2.21. The van der Waals surface area contributed by atoms with Crippen LogP contribution in [0.5, 0.6) is 0 Å². The lowest BCUT2D eigenvalue weighted by atomic mass is 10.1. The van der Waals surface area contributed by atoms with Crippen molar-refractivity contribution in [2.24, 2.45) is 0 Å². The maximum atomic E-state index is 5.74. The van der Waals surface area contributed by atoms with Gasteiger partial charge in [0.1, 0.15) is 0 Å². The highest BCUT2D eigenvalue weighted by Crippen LogP contribution is 2.26. The molecule has 20 heavy (non-hydrogen) atoms. The van der Waals surface area contributed by atoms with Crippen molar-refractivity contribution in [1.29, 1.82) is 0 Å². The van der Waals surface area contributed by atoms with Crippen LogP contribution < -0.4 is 5.32 Å². The predicted molar refractivity (Wildman–Crippen MR) is 74.9 cm³/mol. The topological polar surface area (TPSA) is 63.8 Å². The van der Waals surface area contributed by atoms with Gasteiger partial charge in [0, 0.05) is 23.2 Å². The summed E-state index contributed by atoms with van der Waals surface area (Å²) in [5, 5.41) is 12.6. The van der Waals surface area contributed by atoms with E-state index in [1.54, 1.807) is 6.20 Å². The van der Waals surface area contributed by atoms with E-state index in [1.165, 1.54) is 12.8 Å². The van der Waals surface area contributed by atoms with Gasteiger partial charge in [-0.1, -0.05) is 12.1 Å². The maximum absolute atomic E-state index is 5.74. The number of benzene rings is 1. The third-order valence-electron chi connectivity index (χ3n) is 3.46. The average Bonchev–Trinajstić information content (AvgIpc) is 3.21. The van der Waals surface area contributed by atoms with E-state index in [9.17, 15) is 0 Å². The molecule has 5 nitrogen and oxygen atoms in total. The molecule has 0 radical (unpaired) electrons. The van der Waals surface area contributed by atoms with Gasteiger partial charge in [-0.2, -0.15) is 0 Å². The summed E-state index contributed by atoms with van der Waals surface area (Å²) in [6, 6.07) is 10.5. The molecule has 2 heterocycles. The number of hydrogen-bond donors (Lipinski definition) is 1.